The van der Waals surface area contributed by atoms with Gasteiger partial charge in [0.05, 0.1) is 19.4 Å². The third kappa shape index (κ3) is 6.79. The normalized spacial score (nSPS) is 16.5. The number of hydrogen-bond acceptors (Lipinski definition) is 7. The molecule has 1 fully saturated rings. The smallest absolute Gasteiger partial charge is 0.254 e. The lowest BCUT2D eigenvalue weighted by Crippen LogP contribution is -2.48. The van der Waals surface area contributed by atoms with E-state index in [2.05, 4.69) is 36.5 Å². The monoisotopic (exact) mass is 545 g/mol. The molecule has 3 aromatic rings. The fourth-order valence-electron chi connectivity index (χ4n) is 4.82. The van der Waals surface area contributed by atoms with E-state index in [1.54, 1.807) is 43.5 Å². The maximum absolute atomic E-state index is 13.5. The summed E-state index contributed by atoms with van der Waals surface area (Å²) < 4.78 is 10.7. The summed E-state index contributed by atoms with van der Waals surface area (Å²) in [5.74, 6) is 0.607. The van der Waals surface area contributed by atoms with Gasteiger partial charge in [0.2, 0.25) is 5.91 Å². The van der Waals surface area contributed by atoms with Crippen molar-refractivity contribution in [2.45, 2.75) is 32.4 Å². The van der Waals surface area contributed by atoms with Crippen LogP contribution in [0.15, 0.2) is 71.9 Å². The molecular weight excluding hydrogens is 510 g/mol. The first-order valence-electron chi connectivity index (χ1n) is 13.1. The number of carbonyl (C=O) groups excluding carboxylic acids is 2. The highest BCUT2D eigenvalue weighted by molar-refractivity contribution is 6.05. The van der Waals surface area contributed by atoms with E-state index in [0.717, 1.165) is 22.3 Å². The van der Waals surface area contributed by atoms with Crippen LogP contribution in [-0.4, -0.2) is 73.6 Å². The van der Waals surface area contributed by atoms with E-state index in [-0.39, 0.29) is 37.9 Å². The summed E-state index contributed by atoms with van der Waals surface area (Å²) in [4.78, 5) is 33.0. The first kappa shape index (κ1) is 28.6. The van der Waals surface area contributed by atoms with Crippen LogP contribution in [-0.2, 0) is 9.63 Å². The number of aliphatic hydroxyl groups is 1. The number of carbonyl (C=O) groups is 2. The van der Waals surface area contributed by atoms with Crippen LogP contribution < -0.4 is 14.8 Å². The lowest BCUT2D eigenvalue weighted by atomic mass is 9.95. The second kappa shape index (κ2) is 13.1. The molecule has 0 radical (unpaired) electrons. The standard InChI is InChI=1S/C31H35N3O6/c1-20-6-5-7-21(2)29(20)22-8-10-23(11-9-22)31(37)34-18-24(33-39-4)16-28(34)30(36)32-17-25(35)19-40-27-14-12-26(38-3)13-15-27/h5-15,25,28,35H,16-19H2,1-4H3,(H,32,36)/b33-24+/t25?,28-/m0/s1. The third-order valence-corrected chi connectivity index (χ3v) is 6.86. The molecule has 2 N–H and O–H groups in total. The molecular formula is C31H35N3O6. The average Bonchev–Trinajstić information content (AvgIpc) is 3.39. The van der Waals surface area contributed by atoms with Crippen molar-refractivity contribution >= 4 is 17.5 Å². The van der Waals surface area contributed by atoms with Gasteiger partial charge in [-0.2, -0.15) is 0 Å². The van der Waals surface area contributed by atoms with Crippen LogP contribution in [0.2, 0.25) is 0 Å². The lowest BCUT2D eigenvalue weighted by Gasteiger charge is -2.24. The van der Waals surface area contributed by atoms with Crippen LogP contribution in [0.3, 0.4) is 0 Å². The summed E-state index contributed by atoms with van der Waals surface area (Å²) in [5, 5.41) is 17.1. The summed E-state index contributed by atoms with van der Waals surface area (Å²) in [6.45, 7) is 4.26. The molecule has 1 heterocycles. The predicted octanol–water partition coefficient (Wildman–Crippen LogP) is 3.75. The number of likely N-dealkylation sites (tertiary alicyclic amines) is 1. The van der Waals surface area contributed by atoms with E-state index >= 15 is 0 Å². The van der Waals surface area contributed by atoms with E-state index in [0.29, 0.717) is 22.8 Å². The summed E-state index contributed by atoms with van der Waals surface area (Å²) in [7, 11) is 3.01. The van der Waals surface area contributed by atoms with Gasteiger partial charge in [-0.25, -0.2) is 0 Å². The predicted molar refractivity (Wildman–Crippen MR) is 153 cm³/mol. The van der Waals surface area contributed by atoms with Crippen molar-refractivity contribution < 1.29 is 29.0 Å². The summed E-state index contributed by atoms with van der Waals surface area (Å²) in [6, 6.07) is 19.8. The molecule has 0 saturated carbocycles. The molecule has 1 saturated heterocycles. The first-order chi connectivity index (χ1) is 19.3. The molecule has 9 heteroatoms. The third-order valence-electron chi connectivity index (χ3n) is 6.86. The topological polar surface area (TPSA) is 110 Å². The van der Waals surface area contributed by atoms with Crippen LogP contribution in [0.4, 0.5) is 0 Å². The van der Waals surface area contributed by atoms with Gasteiger partial charge in [-0.15, -0.1) is 0 Å². The Morgan fingerprint density at radius 3 is 2.27 bits per heavy atom. The number of oxime groups is 1. The molecule has 0 aromatic heterocycles. The SMILES string of the molecule is CO/N=C1\C[C@@H](C(=O)NCC(O)COc2ccc(OC)cc2)N(C(=O)c2ccc(-c3c(C)cccc3C)cc2)C1. The molecule has 1 aliphatic heterocycles. The summed E-state index contributed by atoms with van der Waals surface area (Å²) in [5.41, 5.74) is 5.55. The van der Waals surface area contributed by atoms with Crippen molar-refractivity contribution in [3.8, 4) is 22.6 Å². The van der Waals surface area contributed by atoms with Gasteiger partial charge in [0, 0.05) is 18.5 Å². The van der Waals surface area contributed by atoms with E-state index in [4.69, 9.17) is 14.3 Å². The van der Waals surface area contributed by atoms with Crippen molar-refractivity contribution in [3.05, 3.63) is 83.4 Å². The minimum Gasteiger partial charge on any atom is -0.497 e. The van der Waals surface area contributed by atoms with E-state index in [1.165, 1.54) is 12.0 Å². The second-order valence-electron chi connectivity index (χ2n) is 9.72. The zero-order valence-electron chi connectivity index (χ0n) is 23.2. The molecule has 2 amide bonds. The summed E-state index contributed by atoms with van der Waals surface area (Å²) >= 11 is 0. The van der Waals surface area contributed by atoms with Gasteiger partial charge in [-0.1, -0.05) is 35.5 Å². The Morgan fingerprint density at radius 1 is 1.00 bits per heavy atom. The van der Waals surface area contributed by atoms with Crippen molar-refractivity contribution in [2.75, 3.05) is 33.9 Å². The molecule has 1 unspecified atom stereocenters. The molecule has 0 aliphatic carbocycles. The molecule has 210 valence electrons. The molecule has 9 nitrogen and oxygen atoms in total. The fraction of sp³-hybridized carbons (Fsp3) is 0.323. The van der Waals surface area contributed by atoms with Gasteiger partial charge in [-0.3, -0.25) is 9.59 Å². The summed E-state index contributed by atoms with van der Waals surface area (Å²) in [6.07, 6.45) is -0.703. The molecule has 1 aliphatic rings. The molecule has 3 aromatic carbocycles. The van der Waals surface area contributed by atoms with Gasteiger partial charge < -0.3 is 29.6 Å². The van der Waals surface area contributed by atoms with Crippen LogP contribution in [0.25, 0.3) is 11.1 Å². The number of amides is 2. The van der Waals surface area contributed by atoms with Gasteiger partial charge in [0.15, 0.2) is 0 Å². The lowest BCUT2D eigenvalue weighted by molar-refractivity contribution is -0.125. The van der Waals surface area contributed by atoms with Crippen LogP contribution in [0.5, 0.6) is 11.5 Å². The number of aliphatic hydroxyl groups excluding tert-OH is 1. The zero-order valence-corrected chi connectivity index (χ0v) is 23.2. The number of ether oxygens (including phenoxy) is 2. The Bertz CT molecular complexity index is 1330. The minimum absolute atomic E-state index is 0.0109. The fourth-order valence-corrected chi connectivity index (χ4v) is 4.82. The van der Waals surface area contributed by atoms with E-state index in [1.807, 2.05) is 18.2 Å². The largest absolute Gasteiger partial charge is 0.497 e. The van der Waals surface area contributed by atoms with Crippen LogP contribution >= 0.6 is 0 Å². The van der Waals surface area contributed by atoms with E-state index in [9.17, 15) is 14.7 Å². The Hall–Kier alpha value is -4.37. The van der Waals surface area contributed by atoms with Gasteiger partial charge >= 0.3 is 0 Å². The number of nitrogens with zero attached hydrogens (tertiary/aromatic N) is 2. The number of aryl methyl sites for hydroxylation is 2. The van der Waals surface area contributed by atoms with Gasteiger partial charge in [0.1, 0.15) is 37.4 Å². The minimum atomic E-state index is -0.943. The molecule has 2 atom stereocenters. The van der Waals surface area contributed by atoms with E-state index < -0.39 is 12.1 Å². The number of nitrogens with one attached hydrogen (secondary N) is 1. The number of methoxy groups -OCH3 is 1. The zero-order chi connectivity index (χ0) is 28.6. The second-order valence-corrected chi connectivity index (χ2v) is 9.72. The number of benzene rings is 3. The maximum atomic E-state index is 13.5. The molecule has 40 heavy (non-hydrogen) atoms. The maximum Gasteiger partial charge on any atom is 0.254 e. The van der Waals surface area contributed by atoms with Crippen molar-refractivity contribution in [2.24, 2.45) is 5.16 Å². The molecule has 4 rings (SSSR count). The van der Waals surface area contributed by atoms with Crippen LogP contribution in [0.1, 0.15) is 27.9 Å². The Kier molecular flexibility index (Phi) is 9.39. The first-order valence-corrected chi connectivity index (χ1v) is 13.1. The van der Waals surface area contributed by atoms with Crippen molar-refractivity contribution in [3.63, 3.8) is 0 Å². The highest BCUT2D eigenvalue weighted by Crippen LogP contribution is 2.28. The Morgan fingerprint density at radius 2 is 1.65 bits per heavy atom. The van der Waals surface area contributed by atoms with Crippen molar-refractivity contribution in [1.29, 1.82) is 0 Å². The highest BCUT2D eigenvalue weighted by atomic mass is 16.6. The average molecular weight is 546 g/mol. The van der Waals surface area contributed by atoms with Gasteiger partial charge in [-0.05, 0) is 72.5 Å². The van der Waals surface area contributed by atoms with Crippen LogP contribution in [0, 0.1) is 13.8 Å². The molecule has 0 spiro atoms. The Balaban J connectivity index is 1.40. The Labute approximate surface area is 234 Å². The van der Waals surface area contributed by atoms with Crippen molar-refractivity contribution in [1.82, 2.24) is 10.2 Å². The number of rotatable bonds is 10. The number of hydrogen-bond donors (Lipinski definition) is 2. The quantitative estimate of drug-likeness (QED) is 0.376. The van der Waals surface area contributed by atoms with Gasteiger partial charge in [0.25, 0.3) is 5.91 Å². The molecule has 0 bridgehead atoms. The highest BCUT2D eigenvalue weighted by Gasteiger charge is 2.38.